The Hall–Kier alpha value is -3.14. The number of rotatable bonds is 6. The molecule has 10 heteroatoms. The van der Waals surface area contributed by atoms with Crippen LogP contribution in [0.3, 0.4) is 0 Å². The number of aromatic nitrogens is 3. The van der Waals surface area contributed by atoms with E-state index in [0.29, 0.717) is 49.5 Å². The minimum atomic E-state index is -0.392. The first kappa shape index (κ1) is 19.6. The van der Waals surface area contributed by atoms with Gasteiger partial charge < -0.3 is 29.7 Å². The molecule has 2 aromatic rings. The van der Waals surface area contributed by atoms with Crippen molar-refractivity contribution in [3.05, 3.63) is 29.6 Å². The molecule has 28 heavy (non-hydrogen) atoms. The molecular formula is C18H24N6O4. The second-order valence-electron chi connectivity index (χ2n) is 6.15. The van der Waals surface area contributed by atoms with Crippen LogP contribution in [0.15, 0.2) is 18.2 Å². The van der Waals surface area contributed by atoms with Crippen molar-refractivity contribution in [3.63, 3.8) is 0 Å². The third-order valence-corrected chi connectivity index (χ3v) is 4.14. The summed E-state index contributed by atoms with van der Waals surface area (Å²) in [5, 5.41) is 5.52. The van der Waals surface area contributed by atoms with Gasteiger partial charge in [0.05, 0.1) is 39.7 Å². The number of carbonyl (C=O) groups excluding carboxylic acids is 1. The largest absolute Gasteiger partial charge is 0.495 e. The van der Waals surface area contributed by atoms with Crippen LogP contribution >= 0.6 is 0 Å². The van der Waals surface area contributed by atoms with E-state index in [2.05, 4.69) is 25.6 Å². The Bertz CT molecular complexity index is 826. The Morgan fingerprint density at radius 1 is 1.18 bits per heavy atom. The van der Waals surface area contributed by atoms with E-state index in [1.54, 1.807) is 13.2 Å². The first-order valence-corrected chi connectivity index (χ1v) is 8.90. The molecule has 1 aromatic carbocycles. The molecule has 1 saturated heterocycles. The second kappa shape index (κ2) is 9.18. The van der Waals surface area contributed by atoms with Crippen molar-refractivity contribution in [3.8, 4) is 11.8 Å². The summed E-state index contributed by atoms with van der Waals surface area (Å²) in [6, 6.07) is 5.36. The van der Waals surface area contributed by atoms with Gasteiger partial charge in [-0.25, -0.2) is 4.79 Å². The molecule has 150 valence electrons. The summed E-state index contributed by atoms with van der Waals surface area (Å²) in [6.45, 7) is 4.66. The molecule has 0 aliphatic carbocycles. The average Bonchev–Trinajstić information content (AvgIpc) is 2.73. The number of morpholine rings is 1. The summed E-state index contributed by atoms with van der Waals surface area (Å²) in [5.74, 6) is 1.49. The molecule has 0 bridgehead atoms. The number of ether oxygens (including phenoxy) is 3. The predicted octanol–water partition coefficient (Wildman–Crippen LogP) is 1.36. The molecule has 1 fully saturated rings. The highest BCUT2D eigenvalue weighted by Crippen LogP contribution is 2.25. The van der Waals surface area contributed by atoms with Gasteiger partial charge in [0.2, 0.25) is 5.95 Å². The maximum Gasteiger partial charge on any atom is 0.321 e. The third kappa shape index (κ3) is 4.97. The second-order valence-corrected chi connectivity index (χ2v) is 6.15. The molecule has 0 radical (unpaired) electrons. The lowest BCUT2D eigenvalue weighted by atomic mass is 10.2. The molecular weight excluding hydrogens is 364 g/mol. The van der Waals surface area contributed by atoms with Gasteiger partial charge in [-0.05, 0) is 24.6 Å². The molecule has 2 heterocycles. The number of urea groups is 1. The summed E-state index contributed by atoms with van der Waals surface area (Å²) in [6.07, 6.45) is 0. The fourth-order valence-corrected chi connectivity index (χ4v) is 2.71. The number of methoxy groups -OCH3 is 2. The summed E-state index contributed by atoms with van der Waals surface area (Å²) in [5.41, 5.74) is 1.59. The van der Waals surface area contributed by atoms with Crippen molar-refractivity contribution >= 4 is 17.7 Å². The predicted molar refractivity (Wildman–Crippen MR) is 103 cm³/mol. The van der Waals surface area contributed by atoms with Gasteiger partial charge in [-0.15, -0.1) is 0 Å². The molecule has 0 saturated carbocycles. The number of nitrogens with one attached hydrogen (secondary N) is 2. The number of benzene rings is 1. The van der Waals surface area contributed by atoms with E-state index in [4.69, 9.17) is 14.2 Å². The molecule has 2 N–H and O–H groups in total. The van der Waals surface area contributed by atoms with Gasteiger partial charge in [-0.3, -0.25) is 0 Å². The smallest absolute Gasteiger partial charge is 0.321 e. The van der Waals surface area contributed by atoms with E-state index in [0.717, 1.165) is 5.56 Å². The van der Waals surface area contributed by atoms with Crippen LogP contribution in [0.25, 0.3) is 0 Å². The van der Waals surface area contributed by atoms with Gasteiger partial charge in [0.25, 0.3) is 0 Å². The van der Waals surface area contributed by atoms with Crippen molar-refractivity contribution in [2.75, 3.05) is 50.7 Å². The zero-order valence-corrected chi connectivity index (χ0v) is 16.2. The molecule has 3 rings (SSSR count). The van der Waals surface area contributed by atoms with Crippen LogP contribution < -0.4 is 25.0 Å². The lowest BCUT2D eigenvalue weighted by Gasteiger charge is -2.26. The molecule has 0 spiro atoms. The number of carbonyl (C=O) groups is 1. The number of anilines is 2. The van der Waals surface area contributed by atoms with Crippen molar-refractivity contribution < 1.29 is 19.0 Å². The van der Waals surface area contributed by atoms with Crippen LogP contribution in [-0.2, 0) is 11.3 Å². The molecule has 1 aliphatic heterocycles. The topological polar surface area (TPSA) is 111 Å². The summed E-state index contributed by atoms with van der Waals surface area (Å²) < 4.78 is 15.8. The van der Waals surface area contributed by atoms with Gasteiger partial charge in [0.1, 0.15) is 5.75 Å². The van der Waals surface area contributed by atoms with Gasteiger partial charge in [-0.1, -0.05) is 6.07 Å². The summed E-state index contributed by atoms with van der Waals surface area (Å²) in [7, 11) is 3.05. The Kier molecular flexibility index (Phi) is 6.43. The highest BCUT2D eigenvalue weighted by molar-refractivity contribution is 5.91. The maximum absolute atomic E-state index is 12.3. The lowest BCUT2D eigenvalue weighted by Crippen LogP contribution is -2.38. The standard InChI is InChI=1S/C18H24N6O4/c1-12-4-5-14(26-2)13(10-12)20-17(25)19-11-15-21-16(23-18(22-15)27-3)24-6-8-28-9-7-24/h4-5,10H,6-9,11H2,1-3H3,(H2,19,20,25). The van der Waals surface area contributed by atoms with Crippen LogP contribution in [0.4, 0.5) is 16.4 Å². The fraction of sp³-hybridized carbons (Fsp3) is 0.444. The normalized spacial score (nSPS) is 13.8. The van der Waals surface area contributed by atoms with Crippen molar-refractivity contribution in [1.82, 2.24) is 20.3 Å². The molecule has 1 aromatic heterocycles. The first-order valence-electron chi connectivity index (χ1n) is 8.90. The molecule has 1 aliphatic rings. The lowest BCUT2D eigenvalue weighted by molar-refractivity contribution is 0.122. The highest BCUT2D eigenvalue weighted by Gasteiger charge is 2.17. The van der Waals surface area contributed by atoms with Crippen LogP contribution in [-0.4, -0.2) is 61.5 Å². The van der Waals surface area contributed by atoms with Crippen LogP contribution in [0.1, 0.15) is 11.4 Å². The highest BCUT2D eigenvalue weighted by atomic mass is 16.5. The maximum atomic E-state index is 12.3. The SMILES string of the molecule is COc1nc(CNC(=O)Nc2cc(C)ccc2OC)nc(N2CCOCC2)n1. The first-order chi connectivity index (χ1) is 13.6. The molecule has 2 amide bonds. The van der Waals surface area contributed by atoms with E-state index < -0.39 is 6.03 Å². The summed E-state index contributed by atoms with van der Waals surface area (Å²) in [4.78, 5) is 27.2. The zero-order chi connectivity index (χ0) is 19.9. The number of amides is 2. The van der Waals surface area contributed by atoms with Gasteiger partial charge in [0, 0.05) is 13.1 Å². The minimum absolute atomic E-state index is 0.121. The van der Waals surface area contributed by atoms with Crippen molar-refractivity contribution in [1.29, 1.82) is 0 Å². The fourth-order valence-electron chi connectivity index (χ4n) is 2.71. The number of aryl methyl sites for hydroxylation is 1. The van der Waals surface area contributed by atoms with Crippen molar-refractivity contribution in [2.45, 2.75) is 13.5 Å². The van der Waals surface area contributed by atoms with Crippen LogP contribution in [0.5, 0.6) is 11.8 Å². The van der Waals surface area contributed by atoms with Gasteiger partial charge in [0.15, 0.2) is 5.82 Å². The van der Waals surface area contributed by atoms with E-state index in [1.165, 1.54) is 7.11 Å². The van der Waals surface area contributed by atoms with E-state index in [1.807, 2.05) is 24.0 Å². The van der Waals surface area contributed by atoms with Gasteiger partial charge in [-0.2, -0.15) is 15.0 Å². The quantitative estimate of drug-likeness (QED) is 0.763. The van der Waals surface area contributed by atoms with Crippen LogP contribution in [0.2, 0.25) is 0 Å². The minimum Gasteiger partial charge on any atom is -0.495 e. The third-order valence-electron chi connectivity index (χ3n) is 4.14. The summed E-state index contributed by atoms with van der Waals surface area (Å²) >= 11 is 0. The monoisotopic (exact) mass is 388 g/mol. The Morgan fingerprint density at radius 3 is 2.68 bits per heavy atom. The number of hydrogen-bond donors (Lipinski definition) is 2. The van der Waals surface area contributed by atoms with E-state index >= 15 is 0 Å². The molecule has 0 atom stereocenters. The average molecular weight is 388 g/mol. The number of nitrogens with zero attached hydrogens (tertiary/aromatic N) is 4. The Labute approximate surface area is 163 Å². The Balaban J connectivity index is 1.66. The van der Waals surface area contributed by atoms with E-state index in [9.17, 15) is 4.79 Å². The van der Waals surface area contributed by atoms with Gasteiger partial charge >= 0.3 is 12.0 Å². The molecule has 10 nitrogen and oxygen atoms in total. The zero-order valence-electron chi connectivity index (χ0n) is 16.2. The van der Waals surface area contributed by atoms with Crippen LogP contribution in [0, 0.1) is 6.92 Å². The Morgan fingerprint density at radius 2 is 1.96 bits per heavy atom. The molecule has 0 unspecified atom stereocenters. The van der Waals surface area contributed by atoms with E-state index in [-0.39, 0.29) is 12.6 Å². The number of hydrogen-bond acceptors (Lipinski definition) is 8. The van der Waals surface area contributed by atoms with Crippen molar-refractivity contribution in [2.24, 2.45) is 0 Å².